The normalized spacial score (nSPS) is 18.5. The van der Waals surface area contributed by atoms with Crippen molar-refractivity contribution in [3.63, 3.8) is 0 Å². The second kappa shape index (κ2) is 5.04. The summed E-state index contributed by atoms with van der Waals surface area (Å²) in [6, 6.07) is 4.68. The van der Waals surface area contributed by atoms with Gasteiger partial charge in [-0.3, -0.25) is 4.79 Å². The number of urea groups is 1. The molecule has 1 aromatic rings. The van der Waals surface area contributed by atoms with Crippen molar-refractivity contribution < 1.29 is 23.5 Å². The van der Waals surface area contributed by atoms with E-state index in [4.69, 9.17) is 0 Å². The second-order valence-electron chi connectivity index (χ2n) is 4.81. The average molecular weight is 293 g/mol. The lowest BCUT2D eigenvalue weighted by Gasteiger charge is -2.41. The van der Waals surface area contributed by atoms with E-state index in [-0.39, 0.29) is 43.5 Å². The van der Waals surface area contributed by atoms with Crippen LogP contribution in [-0.2, 0) is 9.53 Å². The molecule has 2 aliphatic heterocycles. The van der Waals surface area contributed by atoms with E-state index < -0.39 is 6.09 Å². The first kappa shape index (κ1) is 13.3. The second-order valence-corrected chi connectivity index (χ2v) is 4.81. The van der Waals surface area contributed by atoms with Crippen LogP contribution in [0.25, 0.3) is 0 Å². The van der Waals surface area contributed by atoms with Crippen molar-refractivity contribution in [1.82, 2.24) is 9.80 Å². The van der Waals surface area contributed by atoms with Crippen molar-refractivity contribution in [1.29, 1.82) is 0 Å². The maximum absolute atomic E-state index is 12.8. The predicted octanol–water partition coefficient (Wildman–Crippen LogP) is 1.02. The van der Waals surface area contributed by atoms with Crippen molar-refractivity contribution in [3.05, 3.63) is 30.1 Å². The minimum atomic E-state index is -0.663. The van der Waals surface area contributed by atoms with E-state index in [0.29, 0.717) is 5.69 Å². The van der Waals surface area contributed by atoms with Gasteiger partial charge in [0.15, 0.2) is 6.61 Å². The molecule has 0 radical (unpaired) electrons. The molecule has 7 nitrogen and oxygen atoms in total. The van der Waals surface area contributed by atoms with Crippen LogP contribution in [0.1, 0.15) is 0 Å². The molecule has 0 saturated carbocycles. The molecule has 2 fully saturated rings. The molecule has 4 amide bonds. The lowest BCUT2D eigenvalue weighted by atomic mass is 10.1. The van der Waals surface area contributed by atoms with Gasteiger partial charge >= 0.3 is 12.1 Å². The maximum atomic E-state index is 12.8. The van der Waals surface area contributed by atoms with Crippen molar-refractivity contribution in [2.45, 2.75) is 6.04 Å². The predicted molar refractivity (Wildman–Crippen MR) is 69.0 cm³/mol. The number of amides is 4. The lowest BCUT2D eigenvalue weighted by molar-refractivity contribution is -0.129. The van der Waals surface area contributed by atoms with Crippen LogP contribution in [0.4, 0.5) is 19.7 Å². The topological polar surface area (TPSA) is 79.0 Å². The number of hydrogen-bond acceptors (Lipinski definition) is 4. The molecule has 110 valence electrons. The SMILES string of the molecule is O=C(Nc1ccc(F)cc1)N1CC(N2C(=O)COC2=O)C1. The molecule has 8 heteroatoms. The van der Waals surface area contributed by atoms with E-state index in [9.17, 15) is 18.8 Å². The third-order valence-electron chi connectivity index (χ3n) is 3.39. The molecule has 0 unspecified atom stereocenters. The zero-order valence-electron chi connectivity index (χ0n) is 10.9. The highest BCUT2D eigenvalue weighted by atomic mass is 19.1. The number of halogens is 1. The first-order chi connectivity index (χ1) is 10.0. The number of nitrogens with one attached hydrogen (secondary N) is 1. The Morgan fingerprint density at radius 1 is 1.24 bits per heavy atom. The zero-order valence-corrected chi connectivity index (χ0v) is 10.9. The summed E-state index contributed by atoms with van der Waals surface area (Å²) in [5.41, 5.74) is 0.474. The van der Waals surface area contributed by atoms with Crippen LogP contribution < -0.4 is 5.32 Å². The van der Waals surface area contributed by atoms with Gasteiger partial charge in [0.25, 0.3) is 5.91 Å². The third-order valence-corrected chi connectivity index (χ3v) is 3.39. The Kier molecular flexibility index (Phi) is 3.20. The van der Waals surface area contributed by atoms with Crippen LogP contribution in [0.3, 0.4) is 0 Å². The fourth-order valence-electron chi connectivity index (χ4n) is 2.24. The van der Waals surface area contributed by atoms with Gasteiger partial charge in [0.05, 0.1) is 6.04 Å². The number of anilines is 1. The highest BCUT2D eigenvalue weighted by Gasteiger charge is 2.44. The molecule has 2 heterocycles. The molecular weight excluding hydrogens is 281 g/mol. The van der Waals surface area contributed by atoms with Gasteiger partial charge in [0.1, 0.15) is 5.82 Å². The first-order valence-electron chi connectivity index (χ1n) is 6.35. The van der Waals surface area contributed by atoms with Crippen LogP contribution in [0, 0.1) is 5.82 Å². The van der Waals surface area contributed by atoms with Gasteiger partial charge in [-0.25, -0.2) is 18.9 Å². The van der Waals surface area contributed by atoms with E-state index >= 15 is 0 Å². The van der Waals surface area contributed by atoms with Gasteiger partial charge in [-0.2, -0.15) is 0 Å². The number of carbonyl (C=O) groups is 3. The van der Waals surface area contributed by atoms with Crippen LogP contribution in [0.5, 0.6) is 0 Å². The summed E-state index contributed by atoms with van der Waals surface area (Å²) in [6.45, 7) is 0.277. The van der Waals surface area contributed by atoms with Gasteiger partial charge < -0.3 is 15.0 Å². The highest BCUT2D eigenvalue weighted by molar-refractivity contribution is 5.98. The molecule has 0 atom stereocenters. The summed E-state index contributed by atoms with van der Waals surface area (Å²) >= 11 is 0. The largest absolute Gasteiger partial charge is 0.439 e. The molecule has 1 N–H and O–H groups in total. The van der Waals surface area contributed by atoms with E-state index in [1.165, 1.54) is 29.2 Å². The molecule has 0 bridgehead atoms. The summed E-state index contributed by atoms with van der Waals surface area (Å²) in [6.07, 6.45) is -0.663. The van der Waals surface area contributed by atoms with E-state index in [0.717, 1.165) is 4.90 Å². The molecule has 0 aliphatic carbocycles. The third kappa shape index (κ3) is 2.51. The Morgan fingerprint density at radius 3 is 2.48 bits per heavy atom. The number of rotatable bonds is 2. The van der Waals surface area contributed by atoms with Gasteiger partial charge in [0, 0.05) is 18.8 Å². The monoisotopic (exact) mass is 293 g/mol. The van der Waals surface area contributed by atoms with Crippen molar-refractivity contribution in [2.75, 3.05) is 25.0 Å². The molecule has 21 heavy (non-hydrogen) atoms. The number of nitrogens with zero attached hydrogens (tertiary/aromatic N) is 2. The molecule has 3 rings (SSSR count). The highest BCUT2D eigenvalue weighted by Crippen LogP contribution is 2.20. The molecule has 0 aromatic heterocycles. The molecular formula is C13H12FN3O4. The lowest BCUT2D eigenvalue weighted by Crippen LogP contribution is -2.63. The number of benzene rings is 1. The van der Waals surface area contributed by atoms with Crippen molar-refractivity contribution in [2.24, 2.45) is 0 Å². The van der Waals surface area contributed by atoms with Gasteiger partial charge in [0.2, 0.25) is 0 Å². The molecule has 1 aromatic carbocycles. The number of likely N-dealkylation sites (tertiary alicyclic amines) is 1. The van der Waals surface area contributed by atoms with Crippen LogP contribution in [0.15, 0.2) is 24.3 Å². The Morgan fingerprint density at radius 2 is 1.90 bits per heavy atom. The van der Waals surface area contributed by atoms with Crippen LogP contribution >= 0.6 is 0 Å². The molecule has 0 spiro atoms. The fraction of sp³-hybridized carbons (Fsp3) is 0.308. The number of cyclic esters (lactones) is 1. The minimum absolute atomic E-state index is 0.239. The minimum Gasteiger partial charge on any atom is -0.439 e. The maximum Gasteiger partial charge on any atom is 0.417 e. The molecule has 2 saturated heterocycles. The Labute approximate surface area is 119 Å². The first-order valence-corrected chi connectivity index (χ1v) is 6.35. The van der Waals surface area contributed by atoms with Crippen LogP contribution in [0.2, 0.25) is 0 Å². The smallest absolute Gasteiger partial charge is 0.417 e. The summed E-state index contributed by atoms with van der Waals surface area (Å²) in [5.74, 6) is -0.772. The number of hydrogen-bond donors (Lipinski definition) is 1. The Hall–Kier alpha value is -2.64. The zero-order chi connectivity index (χ0) is 15.0. The van der Waals surface area contributed by atoms with E-state index in [1.54, 1.807) is 0 Å². The van der Waals surface area contributed by atoms with Crippen LogP contribution in [-0.4, -0.2) is 53.6 Å². The Balaban J connectivity index is 1.54. The fourth-order valence-corrected chi connectivity index (χ4v) is 2.24. The summed E-state index contributed by atoms with van der Waals surface area (Å²) in [7, 11) is 0. The number of carbonyl (C=O) groups excluding carboxylic acids is 3. The Bertz CT molecular complexity index is 582. The van der Waals surface area contributed by atoms with E-state index in [1.807, 2.05) is 0 Å². The molecule has 2 aliphatic rings. The summed E-state index contributed by atoms with van der Waals surface area (Å²) in [4.78, 5) is 37.2. The van der Waals surface area contributed by atoms with Gasteiger partial charge in [-0.1, -0.05) is 0 Å². The average Bonchev–Trinajstić information content (AvgIpc) is 2.72. The van der Waals surface area contributed by atoms with Crippen molar-refractivity contribution in [3.8, 4) is 0 Å². The summed E-state index contributed by atoms with van der Waals surface area (Å²) in [5, 5.41) is 2.61. The van der Waals surface area contributed by atoms with E-state index in [2.05, 4.69) is 10.1 Å². The van der Waals surface area contributed by atoms with Crippen molar-refractivity contribution >= 4 is 23.7 Å². The van der Waals surface area contributed by atoms with Gasteiger partial charge in [-0.05, 0) is 24.3 Å². The number of ether oxygens (including phenoxy) is 1. The number of imide groups is 1. The van der Waals surface area contributed by atoms with Gasteiger partial charge in [-0.15, -0.1) is 0 Å². The quantitative estimate of drug-likeness (QED) is 0.883. The standard InChI is InChI=1S/C13H12FN3O4/c14-8-1-3-9(4-2-8)15-12(19)16-5-10(6-16)17-11(18)7-21-13(17)20/h1-4,10H,5-7H2,(H,15,19). The summed E-state index contributed by atoms with van der Waals surface area (Å²) < 4.78 is 17.4.